The topological polar surface area (TPSA) is 71.8 Å². The molecule has 0 atom stereocenters. The third kappa shape index (κ3) is 3.03. The molecule has 1 aliphatic heterocycles. The fourth-order valence-corrected chi connectivity index (χ4v) is 5.95. The molecule has 0 saturated carbocycles. The Morgan fingerprint density at radius 3 is 2.96 bits per heavy atom. The Bertz CT molecular complexity index is 1200. The lowest BCUT2D eigenvalue weighted by Gasteiger charge is -2.13. The first-order valence-electron chi connectivity index (χ1n) is 9.11. The standard InChI is InChI=1S/C20H19N5OS2/c1-11(26)23-19-18(14-5-6-21-9-17(14)28-19)20-24-15-7-12(3-4-16(15)27-20)13-8-22-25(2)10-13/h3-4,7-8,10,21H,5-6,9H2,1-2H3,(H,23,26). The van der Waals surface area contributed by atoms with Crippen molar-refractivity contribution in [1.82, 2.24) is 20.1 Å². The van der Waals surface area contributed by atoms with Crippen molar-refractivity contribution in [3.63, 3.8) is 0 Å². The molecule has 8 heteroatoms. The van der Waals surface area contributed by atoms with E-state index in [4.69, 9.17) is 4.98 Å². The Morgan fingerprint density at radius 1 is 1.29 bits per heavy atom. The van der Waals surface area contributed by atoms with E-state index in [1.165, 1.54) is 10.4 Å². The molecule has 0 spiro atoms. The molecule has 3 aromatic heterocycles. The van der Waals surface area contributed by atoms with Crippen molar-refractivity contribution < 1.29 is 4.79 Å². The number of anilines is 1. The van der Waals surface area contributed by atoms with Crippen LogP contribution in [-0.2, 0) is 24.8 Å². The van der Waals surface area contributed by atoms with Crippen LogP contribution in [-0.4, -0.2) is 27.2 Å². The van der Waals surface area contributed by atoms with Gasteiger partial charge in [0.25, 0.3) is 0 Å². The molecule has 2 N–H and O–H groups in total. The van der Waals surface area contributed by atoms with Gasteiger partial charge in [0.15, 0.2) is 0 Å². The van der Waals surface area contributed by atoms with Crippen molar-refractivity contribution >= 4 is 43.8 Å². The van der Waals surface area contributed by atoms with E-state index in [-0.39, 0.29) is 5.91 Å². The number of nitrogens with zero attached hydrogens (tertiary/aromatic N) is 3. The van der Waals surface area contributed by atoms with E-state index in [1.54, 1.807) is 34.3 Å². The number of hydrogen-bond donors (Lipinski definition) is 2. The van der Waals surface area contributed by atoms with E-state index in [9.17, 15) is 4.79 Å². The number of aromatic nitrogens is 3. The number of fused-ring (bicyclic) bond motifs is 2. The number of rotatable bonds is 3. The van der Waals surface area contributed by atoms with Crippen LogP contribution in [0.1, 0.15) is 17.4 Å². The Morgan fingerprint density at radius 2 is 2.18 bits per heavy atom. The second-order valence-electron chi connectivity index (χ2n) is 6.92. The second-order valence-corrected chi connectivity index (χ2v) is 9.06. The second kappa shape index (κ2) is 6.80. The summed E-state index contributed by atoms with van der Waals surface area (Å²) >= 11 is 3.34. The third-order valence-corrected chi connectivity index (χ3v) is 7.06. The van der Waals surface area contributed by atoms with Gasteiger partial charge in [-0.1, -0.05) is 6.07 Å². The number of hydrogen-bond acceptors (Lipinski definition) is 6. The molecule has 0 unspecified atom stereocenters. The molecule has 5 rings (SSSR count). The molecular weight excluding hydrogens is 390 g/mol. The van der Waals surface area contributed by atoms with Gasteiger partial charge in [0.2, 0.25) is 5.91 Å². The minimum absolute atomic E-state index is 0.0484. The molecule has 0 radical (unpaired) electrons. The maximum absolute atomic E-state index is 11.7. The van der Waals surface area contributed by atoms with E-state index < -0.39 is 0 Å². The number of benzene rings is 1. The first-order chi connectivity index (χ1) is 13.6. The number of thiazole rings is 1. The van der Waals surface area contributed by atoms with Crippen LogP contribution in [0.15, 0.2) is 30.6 Å². The number of nitrogens with one attached hydrogen (secondary N) is 2. The average molecular weight is 410 g/mol. The minimum atomic E-state index is -0.0484. The highest BCUT2D eigenvalue weighted by Gasteiger charge is 2.24. The van der Waals surface area contributed by atoms with Gasteiger partial charge in [-0.2, -0.15) is 5.10 Å². The van der Waals surface area contributed by atoms with Crippen LogP contribution in [0.3, 0.4) is 0 Å². The molecule has 0 fully saturated rings. The Labute approximate surface area is 170 Å². The maximum Gasteiger partial charge on any atom is 0.221 e. The zero-order chi connectivity index (χ0) is 19.3. The highest BCUT2D eigenvalue weighted by molar-refractivity contribution is 7.23. The normalized spacial score (nSPS) is 13.6. The van der Waals surface area contributed by atoms with Crippen molar-refractivity contribution in [2.24, 2.45) is 7.05 Å². The van der Waals surface area contributed by atoms with Crippen molar-refractivity contribution in [3.05, 3.63) is 41.0 Å². The van der Waals surface area contributed by atoms with Crippen molar-refractivity contribution in [2.75, 3.05) is 11.9 Å². The van der Waals surface area contributed by atoms with Gasteiger partial charge in [0.1, 0.15) is 10.0 Å². The molecule has 1 amide bonds. The lowest BCUT2D eigenvalue weighted by molar-refractivity contribution is -0.114. The third-order valence-electron chi connectivity index (χ3n) is 4.86. The summed E-state index contributed by atoms with van der Waals surface area (Å²) in [6, 6.07) is 6.35. The van der Waals surface area contributed by atoms with E-state index in [2.05, 4.69) is 33.9 Å². The van der Waals surface area contributed by atoms with Crippen LogP contribution in [0, 0.1) is 0 Å². The zero-order valence-corrected chi connectivity index (χ0v) is 17.2. The van der Waals surface area contributed by atoms with Crippen LogP contribution < -0.4 is 10.6 Å². The van der Waals surface area contributed by atoms with Gasteiger partial charge < -0.3 is 10.6 Å². The molecule has 0 saturated heterocycles. The number of thiophene rings is 1. The lowest BCUT2D eigenvalue weighted by atomic mass is 10.0. The van der Waals surface area contributed by atoms with E-state index in [1.807, 2.05) is 19.4 Å². The predicted octanol–water partition coefficient (Wildman–Crippen LogP) is 4.03. The lowest BCUT2D eigenvalue weighted by Crippen LogP contribution is -2.22. The molecule has 28 heavy (non-hydrogen) atoms. The molecule has 1 aliphatic rings. The number of carbonyl (C=O) groups excluding carboxylic acids is 1. The summed E-state index contributed by atoms with van der Waals surface area (Å²) in [5.74, 6) is -0.0484. The maximum atomic E-state index is 11.7. The summed E-state index contributed by atoms with van der Waals surface area (Å²) in [6.07, 6.45) is 4.83. The summed E-state index contributed by atoms with van der Waals surface area (Å²) in [5, 5.41) is 12.6. The summed E-state index contributed by atoms with van der Waals surface area (Å²) in [6.45, 7) is 3.36. The van der Waals surface area contributed by atoms with Crippen molar-refractivity contribution in [2.45, 2.75) is 19.9 Å². The Balaban J connectivity index is 1.63. The van der Waals surface area contributed by atoms with Crippen LogP contribution in [0.2, 0.25) is 0 Å². The van der Waals surface area contributed by atoms with Crippen molar-refractivity contribution in [3.8, 4) is 21.7 Å². The first-order valence-corrected chi connectivity index (χ1v) is 10.7. The molecule has 0 bridgehead atoms. The summed E-state index contributed by atoms with van der Waals surface area (Å²) in [4.78, 5) is 18.0. The van der Waals surface area contributed by atoms with Crippen LogP contribution >= 0.6 is 22.7 Å². The van der Waals surface area contributed by atoms with Crippen molar-refractivity contribution in [1.29, 1.82) is 0 Å². The molecule has 6 nitrogen and oxygen atoms in total. The highest BCUT2D eigenvalue weighted by atomic mass is 32.1. The number of aryl methyl sites for hydroxylation is 1. The zero-order valence-electron chi connectivity index (χ0n) is 15.6. The fourth-order valence-electron chi connectivity index (χ4n) is 3.59. The van der Waals surface area contributed by atoms with Gasteiger partial charge >= 0.3 is 0 Å². The number of carbonyl (C=O) groups is 1. The van der Waals surface area contributed by atoms with Gasteiger partial charge in [-0.15, -0.1) is 22.7 Å². The first kappa shape index (κ1) is 17.5. The van der Waals surface area contributed by atoms with Gasteiger partial charge in [-0.25, -0.2) is 4.98 Å². The fraction of sp³-hybridized carbons (Fsp3) is 0.250. The Hall–Kier alpha value is -2.55. The van der Waals surface area contributed by atoms with Crippen LogP contribution in [0.5, 0.6) is 0 Å². The largest absolute Gasteiger partial charge is 0.317 e. The van der Waals surface area contributed by atoms with Crippen LogP contribution in [0.4, 0.5) is 5.00 Å². The Kier molecular flexibility index (Phi) is 4.26. The molecule has 0 aliphatic carbocycles. The monoisotopic (exact) mass is 409 g/mol. The van der Waals surface area contributed by atoms with E-state index in [0.29, 0.717) is 0 Å². The van der Waals surface area contributed by atoms with E-state index in [0.717, 1.165) is 56.4 Å². The predicted molar refractivity (Wildman–Crippen MR) is 115 cm³/mol. The number of amides is 1. The quantitative estimate of drug-likeness (QED) is 0.536. The van der Waals surface area contributed by atoms with Gasteiger partial charge in [-0.3, -0.25) is 9.48 Å². The summed E-state index contributed by atoms with van der Waals surface area (Å²) in [7, 11) is 1.92. The summed E-state index contributed by atoms with van der Waals surface area (Å²) < 4.78 is 2.95. The minimum Gasteiger partial charge on any atom is -0.317 e. The molecule has 4 heterocycles. The van der Waals surface area contributed by atoms with Gasteiger partial charge in [0, 0.05) is 42.7 Å². The van der Waals surface area contributed by atoms with Crippen LogP contribution in [0.25, 0.3) is 31.9 Å². The SMILES string of the molecule is CC(=O)Nc1sc2c(c1-c1nc3cc(-c4cnn(C)c4)ccc3s1)CCNC2. The van der Waals surface area contributed by atoms with Gasteiger partial charge in [0.05, 0.1) is 16.4 Å². The average Bonchev–Trinajstić information content (AvgIpc) is 3.35. The summed E-state index contributed by atoms with van der Waals surface area (Å²) in [5.41, 5.74) is 5.58. The highest BCUT2D eigenvalue weighted by Crippen LogP contribution is 2.45. The smallest absolute Gasteiger partial charge is 0.221 e. The van der Waals surface area contributed by atoms with E-state index >= 15 is 0 Å². The molecule has 142 valence electrons. The molecule has 4 aromatic rings. The molecular formula is C20H19N5OS2. The molecule has 1 aromatic carbocycles. The van der Waals surface area contributed by atoms with Gasteiger partial charge in [-0.05, 0) is 36.2 Å².